The highest BCUT2D eigenvalue weighted by molar-refractivity contribution is 6.00. The first-order valence-corrected chi connectivity index (χ1v) is 6.72. The summed E-state index contributed by atoms with van der Waals surface area (Å²) in [6.45, 7) is 2.60. The Labute approximate surface area is 122 Å². The van der Waals surface area contributed by atoms with Gasteiger partial charge in [-0.25, -0.2) is 0 Å². The fourth-order valence-electron chi connectivity index (χ4n) is 2.48. The number of nitrogens with one attached hydrogen (secondary N) is 1. The third-order valence-electron chi connectivity index (χ3n) is 3.43. The summed E-state index contributed by atoms with van der Waals surface area (Å²) in [6.07, 6.45) is 3.44. The number of hydrogen-bond acceptors (Lipinski definition) is 3. The predicted octanol–water partition coefficient (Wildman–Crippen LogP) is 2.20. The third kappa shape index (κ3) is 2.76. The smallest absolute Gasteiger partial charge is 0.254 e. The number of pyridine rings is 1. The maximum atomic E-state index is 12.4. The molecule has 1 aromatic carbocycles. The lowest BCUT2D eigenvalue weighted by Gasteiger charge is -2.15. The lowest BCUT2D eigenvalue weighted by molar-refractivity contribution is -0.114. The van der Waals surface area contributed by atoms with Crippen molar-refractivity contribution >= 4 is 17.5 Å². The molecule has 1 aliphatic rings. The Morgan fingerprint density at radius 2 is 2.05 bits per heavy atom. The number of aromatic nitrogens is 1. The van der Waals surface area contributed by atoms with Crippen LogP contribution in [0.1, 0.15) is 28.4 Å². The van der Waals surface area contributed by atoms with E-state index in [0.717, 1.165) is 11.1 Å². The minimum Gasteiger partial charge on any atom is -0.330 e. The van der Waals surface area contributed by atoms with Gasteiger partial charge < -0.3 is 10.2 Å². The van der Waals surface area contributed by atoms with Crippen molar-refractivity contribution in [1.29, 1.82) is 0 Å². The molecular weight excluding hydrogens is 266 g/mol. The van der Waals surface area contributed by atoms with Gasteiger partial charge in [-0.2, -0.15) is 0 Å². The van der Waals surface area contributed by atoms with Crippen molar-refractivity contribution in [2.45, 2.75) is 20.0 Å². The lowest BCUT2D eigenvalue weighted by atomic mass is 10.1. The summed E-state index contributed by atoms with van der Waals surface area (Å²) in [7, 11) is 0. The second-order valence-corrected chi connectivity index (χ2v) is 5.07. The van der Waals surface area contributed by atoms with Crippen molar-refractivity contribution in [2.75, 3.05) is 5.32 Å². The Balaban J connectivity index is 1.80. The van der Waals surface area contributed by atoms with Crippen LogP contribution in [0.25, 0.3) is 0 Å². The van der Waals surface area contributed by atoms with Gasteiger partial charge in [0.05, 0.1) is 0 Å². The molecule has 0 bridgehead atoms. The molecule has 0 fully saturated rings. The molecule has 2 aromatic rings. The van der Waals surface area contributed by atoms with Gasteiger partial charge in [-0.1, -0.05) is 6.07 Å². The maximum Gasteiger partial charge on any atom is 0.254 e. The minimum absolute atomic E-state index is 0.00554. The van der Waals surface area contributed by atoms with E-state index in [-0.39, 0.29) is 11.8 Å². The number of benzene rings is 1. The van der Waals surface area contributed by atoms with Gasteiger partial charge in [-0.15, -0.1) is 0 Å². The van der Waals surface area contributed by atoms with E-state index in [1.165, 1.54) is 6.92 Å². The molecule has 2 amide bonds. The zero-order valence-corrected chi connectivity index (χ0v) is 11.7. The molecule has 0 saturated heterocycles. The molecule has 1 aromatic heterocycles. The summed E-state index contributed by atoms with van der Waals surface area (Å²) in [6, 6.07) is 9.26. The molecule has 21 heavy (non-hydrogen) atoms. The highest BCUT2D eigenvalue weighted by Crippen LogP contribution is 2.27. The Morgan fingerprint density at radius 1 is 1.29 bits per heavy atom. The predicted molar refractivity (Wildman–Crippen MR) is 78.6 cm³/mol. The van der Waals surface area contributed by atoms with E-state index in [2.05, 4.69) is 10.3 Å². The van der Waals surface area contributed by atoms with Crippen LogP contribution in [0.5, 0.6) is 0 Å². The quantitative estimate of drug-likeness (QED) is 0.938. The Bertz CT molecular complexity index is 698. The van der Waals surface area contributed by atoms with Crippen LogP contribution in [0.2, 0.25) is 0 Å². The van der Waals surface area contributed by atoms with Gasteiger partial charge in [0.15, 0.2) is 0 Å². The number of anilines is 1. The molecule has 5 heteroatoms. The van der Waals surface area contributed by atoms with E-state index in [1.54, 1.807) is 23.4 Å². The molecule has 5 nitrogen and oxygen atoms in total. The van der Waals surface area contributed by atoms with Gasteiger partial charge in [-0.05, 0) is 35.4 Å². The Kier molecular flexibility index (Phi) is 3.39. The minimum atomic E-state index is -0.144. The summed E-state index contributed by atoms with van der Waals surface area (Å²) < 4.78 is 0. The monoisotopic (exact) mass is 281 g/mol. The van der Waals surface area contributed by atoms with Gasteiger partial charge in [0.2, 0.25) is 5.91 Å². The number of hydrogen-bond donors (Lipinski definition) is 1. The summed E-state index contributed by atoms with van der Waals surface area (Å²) >= 11 is 0. The van der Waals surface area contributed by atoms with Crippen LogP contribution in [-0.2, 0) is 17.9 Å². The first-order chi connectivity index (χ1) is 10.1. The highest BCUT2D eigenvalue weighted by Gasteiger charge is 2.27. The molecule has 1 aliphatic heterocycles. The second kappa shape index (κ2) is 5.36. The molecule has 0 aliphatic carbocycles. The molecular formula is C16H15N3O2. The zero-order valence-electron chi connectivity index (χ0n) is 11.7. The van der Waals surface area contributed by atoms with Gasteiger partial charge >= 0.3 is 0 Å². The molecule has 3 rings (SSSR count). The number of nitrogens with zero attached hydrogens (tertiary/aromatic N) is 2. The van der Waals surface area contributed by atoms with E-state index in [9.17, 15) is 9.59 Å². The summed E-state index contributed by atoms with van der Waals surface area (Å²) in [5.74, 6) is -0.150. The Morgan fingerprint density at radius 3 is 2.76 bits per heavy atom. The molecule has 1 N–H and O–H groups in total. The zero-order chi connectivity index (χ0) is 14.8. The number of rotatable bonds is 3. The van der Waals surface area contributed by atoms with Crippen LogP contribution in [0.15, 0.2) is 42.7 Å². The number of carbonyl (C=O) groups is 2. The van der Waals surface area contributed by atoms with E-state index >= 15 is 0 Å². The van der Waals surface area contributed by atoms with Crippen LogP contribution < -0.4 is 5.32 Å². The van der Waals surface area contributed by atoms with Crippen LogP contribution in [0.4, 0.5) is 5.69 Å². The molecule has 106 valence electrons. The van der Waals surface area contributed by atoms with Crippen molar-refractivity contribution in [1.82, 2.24) is 9.88 Å². The maximum absolute atomic E-state index is 12.4. The van der Waals surface area contributed by atoms with E-state index < -0.39 is 0 Å². The van der Waals surface area contributed by atoms with Crippen LogP contribution >= 0.6 is 0 Å². The first kappa shape index (κ1) is 13.3. The molecule has 0 atom stereocenters. The molecule has 0 radical (unpaired) electrons. The summed E-state index contributed by atoms with van der Waals surface area (Å²) in [5.41, 5.74) is 3.35. The summed E-state index contributed by atoms with van der Waals surface area (Å²) in [4.78, 5) is 29.3. The van der Waals surface area contributed by atoms with Gasteiger partial charge in [-0.3, -0.25) is 14.6 Å². The molecule has 0 spiro atoms. The largest absolute Gasteiger partial charge is 0.330 e. The van der Waals surface area contributed by atoms with Crippen LogP contribution in [0.3, 0.4) is 0 Å². The van der Waals surface area contributed by atoms with Crippen LogP contribution in [-0.4, -0.2) is 21.7 Å². The highest BCUT2D eigenvalue weighted by atomic mass is 16.2. The standard InChI is InChI=1S/C16H15N3O2/c1-11(20)18-14-3-2-13-10-19(16(21)15(13)8-14)9-12-4-6-17-7-5-12/h2-8H,9-10H2,1H3,(H,18,20). The van der Waals surface area contributed by atoms with Crippen molar-refractivity contribution in [3.8, 4) is 0 Å². The topological polar surface area (TPSA) is 62.3 Å². The van der Waals surface area contributed by atoms with Gasteiger partial charge in [0, 0.05) is 43.7 Å². The fraction of sp³-hybridized carbons (Fsp3) is 0.188. The van der Waals surface area contributed by atoms with Gasteiger partial charge in [0.25, 0.3) is 5.91 Å². The van der Waals surface area contributed by atoms with Crippen molar-refractivity contribution in [3.63, 3.8) is 0 Å². The third-order valence-corrected chi connectivity index (χ3v) is 3.43. The normalized spacial score (nSPS) is 13.2. The van der Waals surface area contributed by atoms with Crippen molar-refractivity contribution in [3.05, 3.63) is 59.4 Å². The number of fused-ring (bicyclic) bond motifs is 1. The van der Waals surface area contributed by atoms with Gasteiger partial charge in [0.1, 0.15) is 0 Å². The van der Waals surface area contributed by atoms with E-state index in [1.807, 2.05) is 24.3 Å². The first-order valence-electron chi connectivity index (χ1n) is 6.72. The molecule has 0 saturated carbocycles. The second-order valence-electron chi connectivity index (χ2n) is 5.07. The van der Waals surface area contributed by atoms with Crippen molar-refractivity contribution < 1.29 is 9.59 Å². The number of amides is 2. The summed E-state index contributed by atoms with van der Waals surface area (Å²) in [5, 5.41) is 2.70. The van der Waals surface area contributed by atoms with E-state index in [4.69, 9.17) is 0 Å². The molecule has 2 heterocycles. The average molecular weight is 281 g/mol. The SMILES string of the molecule is CC(=O)Nc1ccc2c(c1)C(=O)N(Cc1ccncc1)C2. The van der Waals surface area contributed by atoms with E-state index in [0.29, 0.717) is 24.3 Å². The lowest BCUT2D eigenvalue weighted by Crippen LogP contribution is -2.23. The fourth-order valence-corrected chi connectivity index (χ4v) is 2.48. The van der Waals surface area contributed by atoms with Crippen LogP contribution in [0, 0.1) is 0 Å². The van der Waals surface area contributed by atoms with Crippen molar-refractivity contribution in [2.24, 2.45) is 0 Å². The number of carbonyl (C=O) groups excluding carboxylic acids is 2. The average Bonchev–Trinajstić information content (AvgIpc) is 2.76. The Hall–Kier alpha value is -2.69. The molecule has 0 unspecified atom stereocenters.